The SMILES string of the molecule is COCC=CC(=O)Nc1cccc(-c2cnc3[nH]cc(-c4ccc(C(=O)Nc5ccccc5)cc4)c3c2)c1. The van der Waals surface area contributed by atoms with Crippen molar-refractivity contribution >= 4 is 34.2 Å². The number of pyridine rings is 1. The van der Waals surface area contributed by atoms with Crippen LogP contribution in [-0.2, 0) is 9.53 Å². The number of rotatable bonds is 8. The maximum Gasteiger partial charge on any atom is 0.255 e. The van der Waals surface area contributed by atoms with E-state index < -0.39 is 0 Å². The Kier molecular flexibility index (Phi) is 7.38. The number of methoxy groups -OCH3 is 1. The Morgan fingerprint density at radius 3 is 2.45 bits per heavy atom. The van der Waals surface area contributed by atoms with Crippen LogP contribution >= 0.6 is 0 Å². The largest absolute Gasteiger partial charge is 0.381 e. The highest BCUT2D eigenvalue weighted by molar-refractivity contribution is 6.05. The molecule has 0 saturated heterocycles. The first-order chi connectivity index (χ1) is 18.6. The van der Waals surface area contributed by atoms with E-state index >= 15 is 0 Å². The van der Waals surface area contributed by atoms with E-state index in [4.69, 9.17) is 4.74 Å². The van der Waals surface area contributed by atoms with Crippen LogP contribution in [0.5, 0.6) is 0 Å². The molecule has 3 aromatic carbocycles. The molecule has 5 rings (SSSR count). The van der Waals surface area contributed by atoms with E-state index in [1.807, 2.05) is 85.1 Å². The number of aromatic amines is 1. The lowest BCUT2D eigenvalue weighted by Crippen LogP contribution is -2.11. The second-order valence-corrected chi connectivity index (χ2v) is 8.65. The monoisotopic (exact) mass is 502 g/mol. The second kappa shape index (κ2) is 11.4. The predicted octanol–water partition coefficient (Wildman–Crippen LogP) is 6.29. The summed E-state index contributed by atoms with van der Waals surface area (Å²) in [6.07, 6.45) is 6.84. The third kappa shape index (κ3) is 5.69. The molecule has 0 aliphatic rings. The molecule has 0 fully saturated rings. The van der Waals surface area contributed by atoms with E-state index in [9.17, 15) is 9.59 Å². The summed E-state index contributed by atoms with van der Waals surface area (Å²) in [7, 11) is 1.58. The van der Waals surface area contributed by atoms with Gasteiger partial charge >= 0.3 is 0 Å². The summed E-state index contributed by atoms with van der Waals surface area (Å²) in [5.41, 5.74) is 6.58. The molecule has 3 N–H and O–H groups in total. The predicted molar refractivity (Wildman–Crippen MR) is 151 cm³/mol. The molecule has 5 aromatic rings. The molecule has 0 aliphatic carbocycles. The van der Waals surface area contributed by atoms with Crippen LogP contribution in [0.1, 0.15) is 10.4 Å². The Morgan fingerprint density at radius 2 is 1.66 bits per heavy atom. The summed E-state index contributed by atoms with van der Waals surface area (Å²) >= 11 is 0. The highest BCUT2D eigenvalue weighted by Crippen LogP contribution is 2.32. The van der Waals surface area contributed by atoms with E-state index in [0.29, 0.717) is 17.9 Å². The van der Waals surface area contributed by atoms with Crippen LogP contribution in [0, 0.1) is 0 Å². The quantitative estimate of drug-likeness (QED) is 0.217. The first-order valence-corrected chi connectivity index (χ1v) is 12.1. The fraction of sp³-hybridized carbons (Fsp3) is 0.0645. The molecular weight excluding hydrogens is 476 g/mol. The molecule has 2 heterocycles. The zero-order valence-corrected chi connectivity index (χ0v) is 20.8. The number of carbonyl (C=O) groups excluding carboxylic acids is 2. The van der Waals surface area contributed by atoms with Crippen molar-refractivity contribution in [3.05, 3.63) is 115 Å². The maximum absolute atomic E-state index is 12.6. The average Bonchev–Trinajstić information content (AvgIpc) is 3.37. The molecule has 0 radical (unpaired) electrons. The number of benzene rings is 3. The van der Waals surface area contributed by atoms with Gasteiger partial charge in [-0.2, -0.15) is 0 Å². The normalized spacial score (nSPS) is 11.1. The molecule has 0 bridgehead atoms. The third-order valence-electron chi connectivity index (χ3n) is 6.02. The topological polar surface area (TPSA) is 96.1 Å². The van der Waals surface area contributed by atoms with Gasteiger partial charge < -0.3 is 20.4 Å². The molecule has 0 atom stereocenters. The molecule has 188 valence electrons. The molecule has 2 amide bonds. The van der Waals surface area contributed by atoms with Crippen molar-refractivity contribution in [3.63, 3.8) is 0 Å². The van der Waals surface area contributed by atoms with E-state index in [1.54, 1.807) is 19.4 Å². The Morgan fingerprint density at radius 1 is 0.868 bits per heavy atom. The lowest BCUT2D eigenvalue weighted by atomic mass is 10.0. The van der Waals surface area contributed by atoms with Gasteiger partial charge in [0.15, 0.2) is 0 Å². The Balaban J connectivity index is 1.37. The number of carbonyl (C=O) groups is 2. The Hall–Kier alpha value is -5.01. The van der Waals surface area contributed by atoms with Crippen LogP contribution in [0.15, 0.2) is 109 Å². The van der Waals surface area contributed by atoms with Crippen molar-refractivity contribution in [2.24, 2.45) is 0 Å². The lowest BCUT2D eigenvalue weighted by molar-refractivity contribution is -0.111. The van der Waals surface area contributed by atoms with Crippen molar-refractivity contribution in [2.45, 2.75) is 0 Å². The maximum atomic E-state index is 12.6. The van der Waals surface area contributed by atoms with Gasteiger partial charge in [-0.1, -0.05) is 48.5 Å². The highest BCUT2D eigenvalue weighted by Gasteiger charge is 2.12. The first kappa shape index (κ1) is 24.7. The van der Waals surface area contributed by atoms with E-state index in [2.05, 4.69) is 26.7 Å². The number of nitrogens with one attached hydrogen (secondary N) is 3. The summed E-state index contributed by atoms with van der Waals surface area (Å²) in [6, 6.07) is 26.6. The molecule has 2 aromatic heterocycles. The number of hydrogen-bond acceptors (Lipinski definition) is 4. The van der Waals surface area contributed by atoms with E-state index in [0.717, 1.165) is 39.0 Å². The molecule has 7 nitrogen and oxygen atoms in total. The number of fused-ring (bicyclic) bond motifs is 1. The zero-order chi connectivity index (χ0) is 26.3. The van der Waals surface area contributed by atoms with E-state index in [1.165, 1.54) is 6.08 Å². The number of ether oxygens (including phenoxy) is 1. The molecule has 0 saturated carbocycles. The van der Waals surface area contributed by atoms with Crippen LogP contribution in [0.2, 0.25) is 0 Å². The molecule has 7 heteroatoms. The number of H-pyrrole nitrogens is 1. The summed E-state index contributed by atoms with van der Waals surface area (Å²) in [4.78, 5) is 32.6. The average molecular weight is 503 g/mol. The summed E-state index contributed by atoms with van der Waals surface area (Å²) in [5.74, 6) is -0.381. The Labute approximate surface area is 220 Å². The minimum Gasteiger partial charge on any atom is -0.381 e. The van der Waals surface area contributed by atoms with Gasteiger partial charge in [0.25, 0.3) is 5.91 Å². The zero-order valence-electron chi connectivity index (χ0n) is 20.8. The van der Waals surface area contributed by atoms with Gasteiger partial charge in [-0.25, -0.2) is 4.98 Å². The van der Waals surface area contributed by atoms with Crippen LogP contribution in [-0.4, -0.2) is 35.5 Å². The van der Waals surface area contributed by atoms with Crippen LogP contribution in [0.3, 0.4) is 0 Å². The molecule has 0 aliphatic heterocycles. The van der Waals surface area contributed by atoms with Crippen LogP contribution in [0.4, 0.5) is 11.4 Å². The van der Waals surface area contributed by atoms with Gasteiger partial charge in [0.1, 0.15) is 5.65 Å². The number of aromatic nitrogens is 2. The minimum absolute atomic E-state index is 0.160. The fourth-order valence-corrected chi connectivity index (χ4v) is 4.14. The van der Waals surface area contributed by atoms with Gasteiger partial charge in [0.2, 0.25) is 5.91 Å². The number of amides is 2. The summed E-state index contributed by atoms with van der Waals surface area (Å²) in [6.45, 7) is 0.377. The van der Waals surface area contributed by atoms with Gasteiger partial charge in [-0.05, 0) is 53.6 Å². The van der Waals surface area contributed by atoms with Crippen molar-refractivity contribution < 1.29 is 14.3 Å². The summed E-state index contributed by atoms with van der Waals surface area (Å²) in [5, 5.41) is 6.73. The van der Waals surface area contributed by atoms with Gasteiger partial charge in [-0.15, -0.1) is 0 Å². The molecular formula is C31H26N4O3. The van der Waals surface area contributed by atoms with Gasteiger partial charge in [0, 0.05) is 59.0 Å². The van der Waals surface area contributed by atoms with Crippen molar-refractivity contribution in [1.29, 1.82) is 0 Å². The Bertz CT molecular complexity index is 1610. The number of anilines is 2. The van der Waals surface area contributed by atoms with Crippen LogP contribution in [0.25, 0.3) is 33.3 Å². The van der Waals surface area contributed by atoms with Crippen molar-refractivity contribution in [2.75, 3.05) is 24.4 Å². The van der Waals surface area contributed by atoms with Gasteiger partial charge in [-0.3, -0.25) is 9.59 Å². The van der Waals surface area contributed by atoms with E-state index in [-0.39, 0.29) is 11.8 Å². The first-order valence-electron chi connectivity index (χ1n) is 12.1. The minimum atomic E-state index is -0.221. The standard InChI is InChI=1S/C31H26N4O3/c1-38-16-6-11-29(36)34-26-10-5-7-23(17-26)24-18-27-28(20-33-30(27)32-19-24)21-12-14-22(15-13-21)31(37)35-25-8-3-2-4-9-25/h2-15,17-20H,16H2,1H3,(H,32,33)(H,34,36)(H,35,37). The lowest BCUT2D eigenvalue weighted by Gasteiger charge is -2.08. The smallest absolute Gasteiger partial charge is 0.255 e. The van der Waals surface area contributed by atoms with Crippen LogP contribution < -0.4 is 10.6 Å². The molecule has 38 heavy (non-hydrogen) atoms. The number of nitrogens with zero attached hydrogens (tertiary/aromatic N) is 1. The molecule has 0 spiro atoms. The molecule has 0 unspecified atom stereocenters. The second-order valence-electron chi connectivity index (χ2n) is 8.65. The number of hydrogen-bond donors (Lipinski definition) is 3. The highest BCUT2D eigenvalue weighted by atomic mass is 16.5. The number of para-hydroxylation sites is 1. The summed E-state index contributed by atoms with van der Waals surface area (Å²) < 4.78 is 4.93. The van der Waals surface area contributed by atoms with Gasteiger partial charge in [0.05, 0.1) is 6.61 Å². The fourth-order valence-electron chi connectivity index (χ4n) is 4.14. The van der Waals surface area contributed by atoms with Crippen molar-refractivity contribution in [3.8, 4) is 22.3 Å². The third-order valence-corrected chi connectivity index (χ3v) is 6.02. The van der Waals surface area contributed by atoms with Crippen molar-refractivity contribution in [1.82, 2.24) is 9.97 Å².